The molecule has 0 bridgehead atoms. The van der Waals surface area contributed by atoms with E-state index in [1.807, 2.05) is 0 Å². The minimum absolute atomic E-state index is 0.137. The maximum atomic E-state index is 12.5. The fourth-order valence-electron chi connectivity index (χ4n) is 1.59. The molecule has 9 heteroatoms. The normalized spacial score (nSPS) is 12.9. The lowest BCUT2D eigenvalue weighted by atomic mass is 10.1. The van der Waals surface area contributed by atoms with Gasteiger partial charge in [-0.2, -0.15) is 13.2 Å². The average Bonchev–Trinajstić information content (AvgIpc) is 2.42. The third kappa shape index (κ3) is 3.97. The molecular weight excluding hydrogens is 295 g/mol. The number of aliphatic hydroxyl groups is 1. The summed E-state index contributed by atoms with van der Waals surface area (Å²) in [5.41, 5.74) is -1.38. The van der Waals surface area contributed by atoms with Crippen LogP contribution in [0.25, 0.3) is 0 Å². The number of methoxy groups -OCH3 is 1. The van der Waals surface area contributed by atoms with E-state index in [2.05, 4.69) is 0 Å². The lowest BCUT2D eigenvalue weighted by Gasteiger charge is -2.17. The Morgan fingerprint density at radius 2 is 2.05 bits per heavy atom. The largest absolute Gasteiger partial charge is 0.493 e. The van der Waals surface area contributed by atoms with Gasteiger partial charge in [0.2, 0.25) is 5.75 Å². The highest BCUT2D eigenvalue weighted by atomic mass is 19.4. The van der Waals surface area contributed by atoms with E-state index in [0.717, 1.165) is 13.2 Å². The van der Waals surface area contributed by atoms with E-state index >= 15 is 0 Å². The summed E-state index contributed by atoms with van der Waals surface area (Å²) in [4.78, 5) is 10.1. The number of nitro benzene ring substituents is 1. The second-order valence-corrected chi connectivity index (χ2v) is 4.12. The molecule has 1 atom stereocenters. The van der Waals surface area contributed by atoms with Gasteiger partial charge in [0, 0.05) is 11.6 Å². The van der Waals surface area contributed by atoms with Gasteiger partial charge in [-0.15, -0.1) is 0 Å². The molecule has 0 heterocycles. The Balaban J connectivity index is 3.39. The molecule has 0 saturated carbocycles. The van der Waals surface area contributed by atoms with Gasteiger partial charge in [0.15, 0.2) is 11.9 Å². The second kappa shape index (κ2) is 6.61. The van der Waals surface area contributed by atoms with E-state index in [9.17, 15) is 28.4 Å². The highest BCUT2D eigenvalue weighted by Gasteiger charge is 2.41. The number of ether oxygens (including phenoxy) is 2. The summed E-state index contributed by atoms with van der Waals surface area (Å²) in [6.45, 7) is 1.90. The molecule has 0 aromatic heterocycles. The molecule has 1 aromatic carbocycles. The number of halogens is 3. The molecule has 0 aliphatic carbocycles. The highest BCUT2D eigenvalue weighted by Crippen LogP contribution is 2.42. The molecule has 1 unspecified atom stereocenters. The minimum atomic E-state index is -4.94. The van der Waals surface area contributed by atoms with Crippen molar-refractivity contribution in [1.82, 2.24) is 0 Å². The SMILES string of the molecule is CCCOc1c(OC)cc(C(O)C(F)(F)F)cc1[N+](=O)[O-]. The molecule has 0 aliphatic heterocycles. The van der Waals surface area contributed by atoms with Crippen LogP contribution < -0.4 is 9.47 Å². The Hall–Kier alpha value is -2.03. The third-order valence-corrected chi connectivity index (χ3v) is 2.55. The van der Waals surface area contributed by atoms with Gasteiger partial charge in [-0.3, -0.25) is 10.1 Å². The molecule has 0 fully saturated rings. The lowest BCUT2D eigenvalue weighted by Crippen LogP contribution is -2.20. The fraction of sp³-hybridized carbons (Fsp3) is 0.500. The first-order valence-electron chi connectivity index (χ1n) is 5.96. The van der Waals surface area contributed by atoms with E-state index in [1.165, 1.54) is 0 Å². The maximum absolute atomic E-state index is 12.5. The van der Waals surface area contributed by atoms with Crippen LogP contribution in [0.15, 0.2) is 12.1 Å². The van der Waals surface area contributed by atoms with E-state index < -0.39 is 28.5 Å². The number of hydrogen-bond donors (Lipinski definition) is 1. The van der Waals surface area contributed by atoms with Gasteiger partial charge >= 0.3 is 11.9 Å². The van der Waals surface area contributed by atoms with E-state index in [-0.39, 0.29) is 18.1 Å². The van der Waals surface area contributed by atoms with E-state index in [4.69, 9.17) is 9.47 Å². The molecule has 118 valence electrons. The van der Waals surface area contributed by atoms with Crippen LogP contribution >= 0.6 is 0 Å². The topological polar surface area (TPSA) is 81.8 Å². The molecule has 21 heavy (non-hydrogen) atoms. The lowest BCUT2D eigenvalue weighted by molar-refractivity contribution is -0.386. The summed E-state index contributed by atoms with van der Waals surface area (Å²) in [6.07, 6.45) is -7.23. The summed E-state index contributed by atoms with van der Waals surface area (Å²) < 4.78 is 47.5. The molecule has 0 spiro atoms. The molecule has 0 amide bonds. The zero-order valence-corrected chi connectivity index (χ0v) is 11.3. The van der Waals surface area contributed by atoms with Crippen LogP contribution in [0.3, 0.4) is 0 Å². The molecule has 1 N–H and O–H groups in total. The van der Waals surface area contributed by atoms with Gasteiger partial charge in [-0.1, -0.05) is 6.92 Å². The Morgan fingerprint density at radius 1 is 1.43 bits per heavy atom. The van der Waals surface area contributed by atoms with Gasteiger partial charge in [-0.05, 0) is 12.5 Å². The van der Waals surface area contributed by atoms with Crippen molar-refractivity contribution < 1.29 is 32.7 Å². The number of alkyl halides is 3. The van der Waals surface area contributed by atoms with Gasteiger partial charge in [0.25, 0.3) is 0 Å². The molecule has 0 saturated heterocycles. The Kier molecular flexibility index (Phi) is 5.36. The molecule has 1 rings (SSSR count). The summed E-state index contributed by atoms with van der Waals surface area (Å²) in [5, 5.41) is 20.2. The van der Waals surface area contributed by atoms with E-state index in [1.54, 1.807) is 6.92 Å². The number of aliphatic hydroxyl groups excluding tert-OH is 1. The quantitative estimate of drug-likeness (QED) is 0.645. The standard InChI is InChI=1S/C12H14F3NO5/c1-3-4-21-10-8(16(18)19)5-7(6-9(10)20-2)11(17)12(13,14)15/h5-6,11,17H,3-4H2,1-2H3. The molecule has 1 aromatic rings. The van der Waals surface area contributed by atoms with Crippen molar-refractivity contribution in [3.63, 3.8) is 0 Å². The van der Waals surface area contributed by atoms with Crippen molar-refractivity contribution in [1.29, 1.82) is 0 Å². The van der Waals surface area contributed by atoms with Crippen molar-refractivity contribution in [2.75, 3.05) is 13.7 Å². The van der Waals surface area contributed by atoms with Crippen molar-refractivity contribution in [2.24, 2.45) is 0 Å². The molecule has 0 radical (unpaired) electrons. The first-order valence-corrected chi connectivity index (χ1v) is 5.96. The highest BCUT2D eigenvalue weighted by molar-refractivity contribution is 5.58. The van der Waals surface area contributed by atoms with E-state index in [0.29, 0.717) is 12.5 Å². The van der Waals surface area contributed by atoms with Gasteiger partial charge < -0.3 is 14.6 Å². The van der Waals surface area contributed by atoms with Crippen molar-refractivity contribution >= 4 is 5.69 Å². The van der Waals surface area contributed by atoms with Crippen LogP contribution in [0.5, 0.6) is 11.5 Å². The first kappa shape index (κ1) is 17.0. The van der Waals surface area contributed by atoms with Crippen LogP contribution in [0.1, 0.15) is 25.0 Å². The maximum Gasteiger partial charge on any atom is 0.418 e. The molecule has 0 aliphatic rings. The average molecular weight is 309 g/mol. The zero-order chi connectivity index (χ0) is 16.2. The van der Waals surface area contributed by atoms with Gasteiger partial charge in [0.1, 0.15) is 0 Å². The summed E-state index contributed by atoms with van der Waals surface area (Å²) in [5.74, 6) is -0.501. The predicted molar refractivity (Wildman–Crippen MR) is 66.4 cm³/mol. The monoisotopic (exact) mass is 309 g/mol. The van der Waals surface area contributed by atoms with Crippen molar-refractivity contribution in [3.05, 3.63) is 27.8 Å². The molecule has 6 nitrogen and oxygen atoms in total. The van der Waals surface area contributed by atoms with Gasteiger partial charge in [0.05, 0.1) is 18.6 Å². The summed E-state index contributed by atoms with van der Waals surface area (Å²) in [7, 11) is 1.14. The summed E-state index contributed by atoms with van der Waals surface area (Å²) >= 11 is 0. The Morgan fingerprint density at radius 3 is 2.48 bits per heavy atom. The predicted octanol–water partition coefficient (Wildman–Crippen LogP) is 2.99. The van der Waals surface area contributed by atoms with Crippen LogP contribution in [0.4, 0.5) is 18.9 Å². The van der Waals surface area contributed by atoms with Crippen LogP contribution in [0, 0.1) is 10.1 Å². The second-order valence-electron chi connectivity index (χ2n) is 4.12. The Bertz CT molecular complexity index is 518. The van der Waals surface area contributed by atoms with Crippen molar-refractivity contribution in [3.8, 4) is 11.5 Å². The van der Waals surface area contributed by atoms with Crippen molar-refractivity contribution in [2.45, 2.75) is 25.6 Å². The number of benzene rings is 1. The van der Waals surface area contributed by atoms with Crippen LogP contribution in [0.2, 0.25) is 0 Å². The summed E-state index contributed by atoms with van der Waals surface area (Å²) in [6, 6.07) is 1.50. The van der Waals surface area contributed by atoms with Gasteiger partial charge in [-0.25, -0.2) is 0 Å². The number of nitro groups is 1. The van der Waals surface area contributed by atoms with Crippen LogP contribution in [-0.2, 0) is 0 Å². The fourth-order valence-corrected chi connectivity index (χ4v) is 1.59. The smallest absolute Gasteiger partial charge is 0.418 e. The van der Waals surface area contributed by atoms with Crippen LogP contribution in [-0.4, -0.2) is 29.9 Å². The molecular formula is C12H14F3NO5. The number of nitrogens with zero attached hydrogens (tertiary/aromatic N) is 1. The Labute approximate surface area is 118 Å². The number of hydrogen-bond acceptors (Lipinski definition) is 5. The third-order valence-electron chi connectivity index (χ3n) is 2.55. The number of rotatable bonds is 6. The minimum Gasteiger partial charge on any atom is -0.493 e. The first-order chi connectivity index (χ1) is 9.72. The zero-order valence-electron chi connectivity index (χ0n) is 11.3.